The van der Waals surface area contributed by atoms with Crippen molar-refractivity contribution in [3.8, 4) is 0 Å². The zero-order valence-electron chi connectivity index (χ0n) is 12.9. The van der Waals surface area contributed by atoms with E-state index < -0.39 is 30.2 Å². The molecule has 4 N–H and O–H groups in total. The average Bonchev–Trinajstić information content (AvgIpc) is 2.58. The van der Waals surface area contributed by atoms with E-state index in [4.69, 9.17) is 5.11 Å². The Kier molecular flexibility index (Phi) is 8.98. The number of nitrogens with one attached hydrogen (secondary N) is 3. The van der Waals surface area contributed by atoms with E-state index in [9.17, 15) is 19.2 Å². The van der Waals surface area contributed by atoms with Crippen LogP contribution in [-0.4, -0.2) is 54.2 Å². The fourth-order valence-corrected chi connectivity index (χ4v) is 2.39. The van der Waals surface area contributed by atoms with Crippen LogP contribution in [0, 0.1) is 0 Å². The van der Waals surface area contributed by atoms with Crippen molar-refractivity contribution in [1.29, 1.82) is 0 Å². The topological polar surface area (TPSA) is 125 Å². The molecule has 130 valence electrons. The number of aliphatic carboxylic acids is 1. The van der Waals surface area contributed by atoms with E-state index in [2.05, 4.69) is 10.6 Å². The molecule has 0 saturated carbocycles. The van der Waals surface area contributed by atoms with Crippen molar-refractivity contribution in [2.24, 2.45) is 0 Å². The van der Waals surface area contributed by atoms with E-state index in [1.807, 2.05) is 35.6 Å². The van der Waals surface area contributed by atoms with Gasteiger partial charge in [0.05, 0.1) is 6.54 Å². The molecule has 0 saturated heterocycles. The minimum Gasteiger partial charge on any atom is -0.480 e. The Labute approximate surface area is 143 Å². The molecule has 3 amide bonds. The first kappa shape index (κ1) is 19.5. The summed E-state index contributed by atoms with van der Waals surface area (Å²) in [6.07, 6.45) is 0. The van der Waals surface area contributed by atoms with Crippen molar-refractivity contribution in [2.75, 3.05) is 25.4 Å². The van der Waals surface area contributed by atoms with Crippen molar-refractivity contribution < 1.29 is 24.3 Å². The Bertz CT molecular complexity index is 580. The summed E-state index contributed by atoms with van der Waals surface area (Å²) >= 11 is 1.67. The van der Waals surface area contributed by atoms with Gasteiger partial charge in [-0.3, -0.25) is 19.2 Å². The summed E-state index contributed by atoms with van der Waals surface area (Å²) in [5.41, 5.74) is 1.20. The number of rotatable bonds is 9. The maximum atomic E-state index is 11.5. The molecule has 0 spiro atoms. The molecule has 0 aliphatic rings. The molecule has 1 rings (SSSR count). The highest BCUT2D eigenvalue weighted by Crippen LogP contribution is 2.10. The van der Waals surface area contributed by atoms with Crippen molar-refractivity contribution in [1.82, 2.24) is 16.0 Å². The molecule has 0 aromatic heterocycles. The summed E-state index contributed by atoms with van der Waals surface area (Å²) in [5, 5.41) is 15.0. The van der Waals surface area contributed by atoms with Crippen LogP contribution in [0.2, 0.25) is 0 Å². The van der Waals surface area contributed by atoms with Gasteiger partial charge in [-0.1, -0.05) is 30.3 Å². The predicted octanol–water partition coefficient (Wildman–Crippen LogP) is -0.647. The van der Waals surface area contributed by atoms with Crippen LogP contribution in [0.15, 0.2) is 30.3 Å². The minimum absolute atomic E-state index is 0.345. The van der Waals surface area contributed by atoms with Crippen molar-refractivity contribution in [3.05, 3.63) is 35.9 Å². The molecule has 9 heteroatoms. The normalized spacial score (nSPS) is 9.83. The second-order valence-electron chi connectivity index (χ2n) is 4.65. The fraction of sp³-hybridized carbons (Fsp3) is 0.333. The van der Waals surface area contributed by atoms with Gasteiger partial charge in [0.1, 0.15) is 6.54 Å². The van der Waals surface area contributed by atoms with Crippen LogP contribution in [0.5, 0.6) is 0 Å². The SMILES string of the molecule is O=C(O)CNC(=O)C(=O)NCC(=O)NCCSCc1ccccc1. The van der Waals surface area contributed by atoms with Gasteiger partial charge in [0.2, 0.25) is 5.91 Å². The lowest BCUT2D eigenvalue weighted by Crippen LogP contribution is -2.45. The molecule has 0 radical (unpaired) electrons. The highest BCUT2D eigenvalue weighted by atomic mass is 32.2. The van der Waals surface area contributed by atoms with Crippen LogP contribution >= 0.6 is 11.8 Å². The first-order chi connectivity index (χ1) is 11.5. The average molecular weight is 353 g/mol. The maximum absolute atomic E-state index is 11.5. The summed E-state index contributed by atoms with van der Waals surface area (Å²) in [4.78, 5) is 44.2. The van der Waals surface area contributed by atoms with Crippen LogP contribution < -0.4 is 16.0 Å². The first-order valence-corrected chi connectivity index (χ1v) is 8.30. The van der Waals surface area contributed by atoms with Gasteiger partial charge in [-0.25, -0.2) is 0 Å². The summed E-state index contributed by atoms with van der Waals surface area (Å²) in [6, 6.07) is 9.93. The van der Waals surface area contributed by atoms with Crippen LogP contribution in [0.1, 0.15) is 5.56 Å². The second-order valence-corrected chi connectivity index (χ2v) is 5.75. The van der Waals surface area contributed by atoms with Crippen LogP contribution in [0.25, 0.3) is 0 Å². The fourth-order valence-electron chi connectivity index (χ4n) is 1.57. The van der Waals surface area contributed by atoms with Crippen molar-refractivity contribution in [3.63, 3.8) is 0 Å². The number of carboxylic acid groups (broad SMARTS) is 1. The third kappa shape index (κ3) is 8.79. The number of carbonyl (C=O) groups is 4. The van der Waals surface area contributed by atoms with E-state index in [0.29, 0.717) is 12.3 Å². The largest absolute Gasteiger partial charge is 0.480 e. The summed E-state index contributed by atoms with van der Waals surface area (Å²) in [7, 11) is 0. The molecule has 1 aromatic carbocycles. The minimum atomic E-state index is -1.26. The molecule has 0 heterocycles. The highest BCUT2D eigenvalue weighted by molar-refractivity contribution is 7.98. The molecule has 0 aliphatic carbocycles. The number of carboxylic acids is 1. The third-order valence-corrected chi connectivity index (χ3v) is 3.73. The summed E-state index contributed by atoms with van der Waals surface area (Å²) in [6.45, 7) is -0.558. The van der Waals surface area contributed by atoms with Crippen LogP contribution in [-0.2, 0) is 24.9 Å². The molecule has 24 heavy (non-hydrogen) atoms. The number of carbonyl (C=O) groups excluding carboxylic acids is 3. The van der Waals surface area contributed by atoms with Gasteiger partial charge in [0.15, 0.2) is 0 Å². The smallest absolute Gasteiger partial charge is 0.322 e. The molecule has 0 unspecified atom stereocenters. The van der Waals surface area contributed by atoms with Crippen LogP contribution in [0.3, 0.4) is 0 Å². The Morgan fingerprint density at radius 1 is 0.917 bits per heavy atom. The molecular weight excluding hydrogens is 334 g/mol. The lowest BCUT2D eigenvalue weighted by atomic mass is 10.2. The zero-order valence-corrected chi connectivity index (χ0v) is 13.7. The van der Waals surface area contributed by atoms with E-state index in [-0.39, 0.29) is 6.54 Å². The van der Waals surface area contributed by atoms with Crippen molar-refractivity contribution in [2.45, 2.75) is 5.75 Å². The quantitative estimate of drug-likeness (QED) is 0.345. The van der Waals surface area contributed by atoms with Gasteiger partial charge in [-0.2, -0.15) is 11.8 Å². The second kappa shape index (κ2) is 11.1. The third-order valence-electron chi connectivity index (χ3n) is 2.70. The number of hydrogen-bond acceptors (Lipinski definition) is 5. The maximum Gasteiger partial charge on any atom is 0.322 e. The summed E-state index contributed by atoms with van der Waals surface area (Å²) < 4.78 is 0. The lowest BCUT2D eigenvalue weighted by Gasteiger charge is -2.07. The number of benzene rings is 1. The standard InChI is InChI=1S/C15H19N3O5S/c19-12(8-17-14(22)15(23)18-9-13(20)21)16-6-7-24-10-11-4-2-1-3-5-11/h1-5H,6-10H2,(H,16,19)(H,17,22)(H,18,23)(H,20,21). The zero-order chi connectivity index (χ0) is 17.8. The molecule has 0 atom stereocenters. The van der Waals surface area contributed by atoms with Crippen LogP contribution in [0.4, 0.5) is 0 Å². The van der Waals surface area contributed by atoms with E-state index in [1.165, 1.54) is 5.56 Å². The van der Waals surface area contributed by atoms with Gasteiger partial charge >= 0.3 is 17.8 Å². The molecular formula is C15H19N3O5S. The Morgan fingerprint density at radius 2 is 1.54 bits per heavy atom. The van der Waals surface area contributed by atoms with E-state index in [0.717, 1.165) is 5.75 Å². The van der Waals surface area contributed by atoms with Gasteiger partial charge < -0.3 is 21.1 Å². The molecule has 0 aliphatic heterocycles. The lowest BCUT2D eigenvalue weighted by molar-refractivity contribution is -0.142. The van der Waals surface area contributed by atoms with Gasteiger partial charge in [0, 0.05) is 18.1 Å². The number of thioether (sulfide) groups is 1. The highest BCUT2D eigenvalue weighted by Gasteiger charge is 2.14. The first-order valence-electron chi connectivity index (χ1n) is 7.15. The Balaban J connectivity index is 2.08. The van der Waals surface area contributed by atoms with E-state index >= 15 is 0 Å². The molecule has 1 aromatic rings. The monoisotopic (exact) mass is 353 g/mol. The van der Waals surface area contributed by atoms with Gasteiger partial charge in [-0.05, 0) is 5.56 Å². The van der Waals surface area contributed by atoms with E-state index in [1.54, 1.807) is 11.8 Å². The van der Waals surface area contributed by atoms with Crippen molar-refractivity contribution >= 4 is 35.5 Å². The van der Waals surface area contributed by atoms with Gasteiger partial charge in [-0.15, -0.1) is 0 Å². The molecule has 8 nitrogen and oxygen atoms in total. The predicted molar refractivity (Wildman–Crippen MR) is 89.3 cm³/mol. The van der Waals surface area contributed by atoms with Gasteiger partial charge in [0.25, 0.3) is 0 Å². The molecule has 0 bridgehead atoms. The Morgan fingerprint density at radius 3 is 2.17 bits per heavy atom. The Hall–Kier alpha value is -2.55. The number of hydrogen-bond donors (Lipinski definition) is 4. The summed E-state index contributed by atoms with van der Waals surface area (Å²) in [5.74, 6) is -2.27. The molecule has 0 fully saturated rings. The number of amides is 3.